The number of imide groups is 1. The summed E-state index contributed by atoms with van der Waals surface area (Å²) in [7, 11) is 0. The van der Waals surface area contributed by atoms with Gasteiger partial charge < -0.3 is 4.74 Å². The summed E-state index contributed by atoms with van der Waals surface area (Å²) in [6.07, 6.45) is -0.691. The number of hydrogen-bond acceptors (Lipinski definition) is 4. The van der Waals surface area contributed by atoms with Crippen LogP contribution in [0, 0.1) is 13.8 Å². The average molecular weight is 267 g/mol. The lowest BCUT2D eigenvalue weighted by atomic mass is 10.1. The van der Waals surface area contributed by atoms with Gasteiger partial charge in [-0.1, -0.05) is 6.07 Å². The van der Waals surface area contributed by atoms with Crippen LogP contribution in [0.5, 0.6) is 0 Å². The lowest BCUT2D eigenvalue weighted by Crippen LogP contribution is -2.32. The van der Waals surface area contributed by atoms with Gasteiger partial charge in [-0.05, 0) is 44.0 Å². The minimum Gasteiger partial charge on any atom is -0.450 e. The molecule has 1 aromatic rings. The number of amides is 2. The number of rotatable bonds is 4. The fourth-order valence-electron chi connectivity index (χ4n) is 1.27. The fraction of sp³-hybridized carbons (Fsp3) is 0.385. The molecule has 1 rings (SSSR count). The highest BCUT2D eigenvalue weighted by atomic mass is 32.2. The normalized spacial score (nSPS) is 9.94. The monoisotopic (exact) mass is 267 g/mol. The molecule has 4 nitrogen and oxygen atoms in total. The third-order valence-electron chi connectivity index (χ3n) is 2.37. The molecule has 0 radical (unpaired) electrons. The molecule has 0 unspecified atom stereocenters. The van der Waals surface area contributed by atoms with Crippen LogP contribution < -0.4 is 5.32 Å². The Kier molecular flexibility index (Phi) is 5.71. The van der Waals surface area contributed by atoms with Crippen molar-refractivity contribution in [2.45, 2.75) is 25.7 Å². The molecule has 0 fully saturated rings. The number of carbonyl (C=O) groups is 2. The highest BCUT2D eigenvalue weighted by Crippen LogP contribution is 2.20. The zero-order chi connectivity index (χ0) is 13.5. The topological polar surface area (TPSA) is 55.4 Å². The van der Waals surface area contributed by atoms with Gasteiger partial charge >= 0.3 is 6.09 Å². The van der Waals surface area contributed by atoms with Gasteiger partial charge in [0.05, 0.1) is 12.4 Å². The maximum Gasteiger partial charge on any atom is 0.413 e. The SMILES string of the molecule is CCOC(=O)NC(=O)CSc1ccc(C)c(C)c1. The molecule has 0 bridgehead atoms. The molecule has 0 aliphatic rings. The van der Waals surface area contributed by atoms with Crippen LogP contribution in [-0.2, 0) is 9.53 Å². The Morgan fingerprint density at radius 3 is 2.61 bits per heavy atom. The van der Waals surface area contributed by atoms with Crippen LogP contribution >= 0.6 is 11.8 Å². The number of carbonyl (C=O) groups excluding carboxylic acids is 2. The van der Waals surface area contributed by atoms with Gasteiger partial charge in [-0.2, -0.15) is 0 Å². The van der Waals surface area contributed by atoms with Gasteiger partial charge in [0.1, 0.15) is 0 Å². The Balaban J connectivity index is 2.42. The van der Waals surface area contributed by atoms with Crippen molar-refractivity contribution in [2.75, 3.05) is 12.4 Å². The Bertz CT molecular complexity index is 446. The van der Waals surface area contributed by atoms with Crippen LogP contribution in [0.25, 0.3) is 0 Å². The number of alkyl carbamates (subject to hydrolysis) is 1. The third kappa shape index (κ3) is 4.79. The van der Waals surface area contributed by atoms with Gasteiger partial charge in [-0.3, -0.25) is 10.1 Å². The molecule has 0 saturated heterocycles. The predicted octanol–water partition coefficient (Wildman–Crippen LogP) is 2.67. The van der Waals surface area contributed by atoms with E-state index in [1.807, 2.05) is 32.0 Å². The maximum atomic E-state index is 11.4. The summed E-state index contributed by atoms with van der Waals surface area (Å²) in [5.74, 6) is -0.155. The average Bonchev–Trinajstić information content (AvgIpc) is 2.31. The molecule has 0 saturated carbocycles. The van der Waals surface area contributed by atoms with Crippen LogP contribution in [0.3, 0.4) is 0 Å². The minimum atomic E-state index is -0.691. The highest BCUT2D eigenvalue weighted by Gasteiger charge is 2.08. The van der Waals surface area contributed by atoms with Crippen LogP contribution in [0.15, 0.2) is 23.1 Å². The van der Waals surface area contributed by atoms with Crippen molar-refractivity contribution in [1.29, 1.82) is 0 Å². The number of ether oxygens (including phenoxy) is 1. The van der Waals surface area contributed by atoms with E-state index in [4.69, 9.17) is 0 Å². The molecule has 5 heteroatoms. The maximum absolute atomic E-state index is 11.4. The molecule has 0 aliphatic carbocycles. The lowest BCUT2D eigenvalue weighted by molar-refractivity contribution is -0.117. The number of thioether (sulfide) groups is 1. The van der Waals surface area contributed by atoms with E-state index in [9.17, 15) is 9.59 Å². The molecule has 0 atom stereocenters. The van der Waals surface area contributed by atoms with E-state index in [1.165, 1.54) is 22.9 Å². The molecular formula is C13H17NO3S. The first-order valence-electron chi connectivity index (χ1n) is 5.69. The van der Waals surface area contributed by atoms with Crippen molar-refractivity contribution in [1.82, 2.24) is 5.32 Å². The Morgan fingerprint density at radius 1 is 1.28 bits per heavy atom. The van der Waals surface area contributed by atoms with E-state index in [-0.39, 0.29) is 18.3 Å². The van der Waals surface area contributed by atoms with Crippen molar-refractivity contribution >= 4 is 23.8 Å². The van der Waals surface area contributed by atoms with Crippen LogP contribution in [-0.4, -0.2) is 24.4 Å². The smallest absolute Gasteiger partial charge is 0.413 e. The summed E-state index contributed by atoms with van der Waals surface area (Å²) < 4.78 is 4.62. The predicted molar refractivity (Wildman–Crippen MR) is 71.8 cm³/mol. The molecular weight excluding hydrogens is 250 g/mol. The van der Waals surface area contributed by atoms with Crippen molar-refractivity contribution in [3.8, 4) is 0 Å². The molecule has 0 aliphatic heterocycles. The van der Waals surface area contributed by atoms with Gasteiger partial charge in [0, 0.05) is 4.90 Å². The van der Waals surface area contributed by atoms with Gasteiger partial charge in [0.25, 0.3) is 0 Å². The zero-order valence-corrected chi connectivity index (χ0v) is 11.6. The van der Waals surface area contributed by atoms with Crippen LogP contribution in [0.2, 0.25) is 0 Å². The first kappa shape index (κ1) is 14.6. The fourth-order valence-corrected chi connectivity index (χ4v) is 2.06. The van der Waals surface area contributed by atoms with Gasteiger partial charge in [-0.25, -0.2) is 4.79 Å². The molecule has 0 heterocycles. The van der Waals surface area contributed by atoms with E-state index < -0.39 is 6.09 Å². The number of nitrogens with one attached hydrogen (secondary N) is 1. The molecule has 1 aromatic carbocycles. The number of benzene rings is 1. The first-order chi connectivity index (χ1) is 8.52. The zero-order valence-electron chi connectivity index (χ0n) is 10.8. The summed E-state index contributed by atoms with van der Waals surface area (Å²) in [5, 5.41) is 2.16. The highest BCUT2D eigenvalue weighted by molar-refractivity contribution is 8.00. The van der Waals surface area contributed by atoms with Crippen molar-refractivity contribution in [3.63, 3.8) is 0 Å². The van der Waals surface area contributed by atoms with Crippen molar-refractivity contribution in [3.05, 3.63) is 29.3 Å². The molecule has 18 heavy (non-hydrogen) atoms. The largest absolute Gasteiger partial charge is 0.450 e. The second-order valence-electron chi connectivity index (χ2n) is 3.80. The molecule has 1 N–H and O–H groups in total. The summed E-state index contributed by atoms with van der Waals surface area (Å²) in [4.78, 5) is 23.4. The van der Waals surface area contributed by atoms with E-state index >= 15 is 0 Å². The summed E-state index contributed by atoms with van der Waals surface area (Å²) in [5.41, 5.74) is 2.40. The lowest BCUT2D eigenvalue weighted by Gasteiger charge is -2.06. The first-order valence-corrected chi connectivity index (χ1v) is 6.68. The van der Waals surface area contributed by atoms with Crippen LogP contribution in [0.1, 0.15) is 18.1 Å². The number of hydrogen-bond donors (Lipinski definition) is 1. The second-order valence-corrected chi connectivity index (χ2v) is 4.85. The van der Waals surface area contributed by atoms with Crippen molar-refractivity contribution in [2.24, 2.45) is 0 Å². The summed E-state index contributed by atoms with van der Waals surface area (Å²) >= 11 is 1.39. The summed E-state index contributed by atoms with van der Waals surface area (Å²) in [6.45, 7) is 6.01. The van der Waals surface area contributed by atoms with E-state index in [0.29, 0.717) is 0 Å². The van der Waals surface area contributed by atoms with Gasteiger partial charge in [0.15, 0.2) is 0 Å². The van der Waals surface area contributed by atoms with E-state index in [0.717, 1.165) is 4.90 Å². The Labute approximate surface area is 111 Å². The Morgan fingerprint density at radius 2 is 2.00 bits per heavy atom. The van der Waals surface area contributed by atoms with Crippen LogP contribution in [0.4, 0.5) is 4.79 Å². The van der Waals surface area contributed by atoms with Crippen molar-refractivity contribution < 1.29 is 14.3 Å². The second kappa shape index (κ2) is 7.06. The number of aryl methyl sites for hydroxylation is 2. The Hall–Kier alpha value is -1.49. The van der Waals surface area contributed by atoms with E-state index in [1.54, 1.807) is 6.92 Å². The quantitative estimate of drug-likeness (QED) is 0.852. The molecule has 2 amide bonds. The van der Waals surface area contributed by atoms with Gasteiger partial charge in [-0.15, -0.1) is 11.8 Å². The molecule has 0 aromatic heterocycles. The minimum absolute atomic E-state index is 0.196. The molecule has 0 spiro atoms. The summed E-state index contributed by atoms with van der Waals surface area (Å²) in [6, 6.07) is 6.00. The third-order valence-corrected chi connectivity index (χ3v) is 3.36. The standard InChI is InChI=1S/C13H17NO3S/c1-4-17-13(16)14-12(15)8-18-11-6-5-9(2)10(3)7-11/h5-7H,4,8H2,1-3H3,(H,14,15,16). The van der Waals surface area contributed by atoms with Gasteiger partial charge in [0.2, 0.25) is 5.91 Å². The molecule has 98 valence electrons. The van der Waals surface area contributed by atoms with E-state index in [2.05, 4.69) is 10.1 Å².